The first-order valence-electron chi connectivity index (χ1n) is 7.18. The van der Waals surface area contributed by atoms with Gasteiger partial charge in [0, 0.05) is 30.7 Å². The maximum absolute atomic E-state index is 4.42. The van der Waals surface area contributed by atoms with E-state index in [1.807, 2.05) is 19.3 Å². The van der Waals surface area contributed by atoms with Crippen molar-refractivity contribution in [1.29, 1.82) is 0 Å². The Labute approximate surface area is 122 Å². The number of guanidine groups is 1. The molecule has 4 nitrogen and oxygen atoms in total. The summed E-state index contributed by atoms with van der Waals surface area (Å²) >= 11 is 0. The Morgan fingerprint density at radius 3 is 2.60 bits per heavy atom. The molecule has 2 heterocycles. The number of nitrogens with zero attached hydrogens (tertiary/aromatic N) is 3. The lowest BCUT2D eigenvalue weighted by Crippen LogP contribution is -2.72. The lowest BCUT2D eigenvalue weighted by Gasteiger charge is -2.62. The van der Waals surface area contributed by atoms with E-state index in [1.165, 1.54) is 5.56 Å². The Balaban J connectivity index is 2.04. The molecule has 1 fully saturated rings. The van der Waals surface area contributed by atoms with Gasteiger partial charge in [-0.05, 0) is 32.4 Å². The fourth-order valence-corrected chi connectivity index (χ4v) is 2.56. The van der Waals surface area contributed by atoms with E-state index in [4.69, 9.17) is 0 Å². The zero-order valence-corrected chi connectivity index (χ0v) is 13.5. The molecule has 20 heavy (non-hydrogen) atoms. The molecule has 0 bridgehead atoms. The van der Waals surface area contributed by atoms with Crippen LogP contribution in [0.5, 0.6) is 0 Å². The Bertz CT molecular complexity index is 517. The van der Waals surface area contributed by atoms with E-state index in [2.05, 4.69) is 60.9 Å². The molecule has 0 atom stereocenters. The van der Waals surface area contributed by atoms with Gasteiger partial charge in [-0.15, -0.1) is 0 Å². The minimum Gasteiger partial charge on any atom is -0.351 e. The Morgan fingerprint density at radius 1 is 1.40 bits per heavy atom. The summed E-state index contributed by atoms with van der Waals surface area (Å²) in [6, 6.07) is 4.05. The first-order valence-corrected chi connectivity index (χ1v) is 7.18. The summed E-state index contributed by atoms with van der Waals surface area (Å²) in [4.78, 5) is 11.2. The van der Waals surface area contributed by atoms with E-state index in [-0.39, 0.29) is 5.54 Å². The van der Waals surface area contributed by atoms with Gasteiger partial charge < -0.3 is 10.2 Å². The third-order valence-corrected chi connectivity index (χ3v) is 4.88. The monoisotopic (exact) mass is 274 g/mol. The van der Waals surface area contributed by atoms with Crippen LogP contribution in [0.4, 0.5) is 0 Å². The van der Waals surface area contributed by atoms with E-state index >= 15 is 0 Å². The van der Waals surface area contributed by atoms with E-state index in [0.717, 1.165) is 18.2 Å². The molecular formula is C16H26N4. The van der Waals surface area contributed by atoms with Crippen molar-refractivity contribution < 1.29 is 0 Å². The van der Waals surface area contributed by atoms with Crippen LogP contribution < -0.4 is 5.32 Å². The standard InChI is InChI=1S/C16H26N4/c1-12-8-7-9-18-13(12)10-19-14(17-6)20-11-15(2,3)16(20,4)5/h7-9H,10-11H2,1-6H3,(H,17,19). The summed E-state index contributed by atoms with van der Waals surface area (Å²) in [6.07, 6.45) is 1.84. The number of aromatic nitrogens is 1. The van der Waals surface area contributed by atoms with Crippen molar-refractivity contribution in [2.45, 2.75) is 46.7 Å². The van der Waals surface area contributed by atoms with Gasteiger partial charge in [0.15, 0.2) is 5.96 Å². The van der Waals surface area contributed by atoms with Crippen LogP contribution in [0.15, 0.2) is 23.3 Å². The van der Waals surface area contributed by atoms with Gasteiger partial charge in [0.25, 0.3) is 0 Å². The molecule has 1 aromatic rings. The minimum absolute atomic E-state index is 0.119. The molecule has 0 amide bonds. The maximum Gasteiger partial charge on any atom is 0.194 e. The van der Waals surface area contributed by atoms with Crippen LogP contribution in [0.1, 0.15) is 39.0 Å². The lowest BCUT2D eigenvalue weighted by atomic mass is 9.65. The quantitative estimate of drug-likeness (QED) is 0.665. The van der Waals surface area contributed by atoms with Crippen LogP contribution in [0, 0.1) is 12.3 Å². The Kier molecular flexibility index (Phi) is 3.76. The molecular weight excluding hydrogens is 248 g/mol. The van der Waals surface area contributed by atoms with Crippen LogP contribution in [0.2, 0.25) is 0 Å². The van der Waals surface area contributed by atoms with Crippen molar-refractivity contribution in [3.05, 3.63) is 29.6 Å². The Morgan fingerprint density at radius 2 is 2.10 bits per heavy atom. The summed E-state index contributed by atoms with van der Waals surface area (Å²) in [5.74, 6) is 0.958. The number of hydrogen-bond donors (Lipinski definition) is 1. The molecule has 0 aliphatic carbocycles. The van der Waals surface area contributed by atoms with Crippen molar-refractivity contribution in [2.75, 3.05) is 13.6 Å². The molecule has 0 aromatic carbocycles. The zero-order valence-electron chi connectivity index (χ0n) is 13.5. The van der Waals surface area contributed by atoms with Crippen molar-refractivity contribution in [3.8, 4) is 0 Å². The highest BCUT2D eigenvalue weighted by Crippen LogP contribution is 2.46. The SMILES string of the molecule is CN=C(NCc1ncccc1C)N1CC(C)(C)C1(C)C. The Hall–Kier alpha value is -1.58. The summed E-state index contributed by atoms with van der Waals surface area (Å²) < 4.78 is 0. The highest BCUT2D eigenvalue weighted by molar-refractivity contribution is 5.82. The average molecular weight is 274 g/mol. The second-order valence-corrected chi connectivity index (χ2v) is 6.70. The van der Waals surface area contributed by atoms with Gasteiger partial charge >= 0.3 is 0 Å². The zero-order chi connectivity index (χ0) is 15.0. The van der Waals surface area contributed by atoms with Gasteiger partial charge in [-0.25, -0.2) is 0 Å². The van der Waals surface area contributed by atoms with Crippen LogP contribution in [-0.4, -0.2) is 35.0 Å². The van der Waals surface area contributed by atoms with Gasteiger partial charge in [0.1, 0.15) is 0 Å². The highest BCUT2D eigenvalue weighted by atomic mass is 15.4. The summed E-state index contributed by atoms with van der Waals surface area (Å²) in [5, 5.41) is 3.44. The summed E-state index contributed by atoms with van der Waals surface area (Å²) in [5.41, 5.74) is 2.71. The van der Waals surface area contributed by atoms with Crippen molar-refractivity contribution in [1.82, 2.24) is 15.2 Å². The lowest BCUT2D eigenvalue weighted by molar-refractivity contribution is -0.0668. The molecule has 0 spiro atoms. The van der Waals surface area contributed by atoms with E-state index < -0.39 is 0 Å². The van der Waals surface area contributed by atoms with Gasteiger partial charge in [0.2, 0.25) is 0 Å². The molecule has 1 aliphatic rings. The van der Waals surface area contributed by atoms with E-state index in [1.54, 1.807) is 0 Å². The van der Waals surface area contributed by atoms with Gasteiger partial charge in [-0.3, -0.25) is 9.98 Å². The number of nitrogens with one attached hydrogen (secondary N) is 1. The number of likely N-dealkylation sites (tertiary alicyclic amines) is 1. The van der Waals surface area contributed by atoms with Crippen LogP contribution in [-0.2, 0) is 6.54 Å². The largest absolute Gasteiger partial charge is 0.351 e. The molecule has 1 aromatic heterocycles. The van der Waals surface area contributed by atoms with E-state index in [9.17, 15) is 0 Å². The molecule has 110 valence electrons. The van der Waals surface area contributed by atoms with E-state index in [0.29, 0.717) is 12.0 Å². The molecule has 2 rings (SSSR count). The second-order valence-electron chi connectivity index (χ2n) is 6.70. The van der Waals surface area contributed by atoms with Gasteiger partial charge in [0.05, 0.1) is 12.2 Å². The third-order valence-electron chi connectivity index (χ3n) is 4.88. The topological polar surface area (TPSA) is 40.5 Å². The average Bonchev–Trinajstić information content (AvgIpc) is 2.40. The summed E-state index contributed by atoms with van der Waals surface area (Å²) in [7, 11) is 1.84. The van der Waals surface area contributed by atoms with Crippen LogP contribution in [0.25, 0.3) is 0 Å². The molecule has 0 unspecified atom stereocenters. The molecule has 1 N–H and O–H groups in total. The van der Waals surface area contributed by atoms with Crippen LogP contribution in [0.3, 0.4) is 0 Å². The van der Waals surface area contributed by atoms with Crippen LogP contribution >= 0.6 is 0 Å². The highest BCUT2D eigenvalue weighted by Gasteiger charge is 2.53. The maximum atomic E-state index is 4.42. The predicted molar refractivity (Wildman–Crippen MR) is 83.7 cm³/mol. The molecule has 1 saturated heterocycles. The van der Waals surface area contributed by atoms with Gasteiger partial charge in [-0.2, -0.15) is 0 Å². The van der Waals surface area contributed by atoms with Crippen molar-refractivity contribution >= 4 is 5.96 Å². The first kappa shape index (κ1) is 14.8. The number of aryl methyl sites for hydroxylation is 1. The fourth-order valence-electron chi connectivity index (χ4n) is 2.56. The molecule has 1 aliphatic heterocycles. The van der Waals surface area contributed by atoms with Gasteiger partial charge in [-0.1, -0.05) is 19.9 Å². The predicted octanol–water partition coefficient (Wildman–Crippen LogP) is 2.59. The number of hydrogen-bond acceptors (Lipinski definition) is 2. The normalized spacial score (nSPS) is 20.5. The van der Waals surface area contributed by atoms with Crippen molar-refractivity contribution in [3.63, 3.8) is 0 Å². The number of pyridine rings is 1. The summed E-state index contributed by atoms with van der Waals surface area (Å²) in [6.45, 7) is 13.0. The minimum atomic E-state index is 0.119. The second kappa shape index (κ2) is 5.08. The fraction of sp³-hybridized carbons (Fsp3) is 0.625. The molecule has 0 saturated carbocycles. The third kappa shape index (κ3) is 2.39. The molecule has 4 heteroatoms. The van der Waals surface area contributed by atoms with Crippen molar-refractivity contribution in [2.24, 2.45) is 10.4 Å². The number of aliphatic imine (C=N–C) groups is 1. The molecule has 0 radical (unpaired) electrons. The number of rotatable bonds is 2. The first-order chi connectivity index (χ1) is 9.29. The smallest absolute Gasteiger partial charge is 0.194 e.